The topological polar surface area (TPSA) is 115 Å². The van der Waals surface area contributed by atoms with Gasteiger partial charge in [0.05, 0.1) is 6.26 Å². The number of piperazine rings is 1. The summed E-state index contributed by atoms with van der Waals surface area (Å²) in [5, 5.41) is 0. The van der Waals surface area contributed by atoms with Gasteiger partial charge in [0.2, 0.25) is 15.9 Å². The molecule has 10 nitrogen and oxygen atoms in total. The Bertz CT molecular complexity index is 737. The average molecular weight is 386 g/mol. The smallest absolute Gasteiger partial charge is 0.334 e. The van der Waals surface area contributed by atoms with Crippen molar-refractivity contribution in [2.75, 3.05) is 39.0 Å². The van der Waals surface area contributed by atoms with Crippen LogP contribution in [0.2, 0.25) is 0 Å². The van der Waals surface area contributed by atoms with Gasteiger partial charge in [0.15, 0.2) is 0 Å². The van der Waals surface area contributed by atoms with Crippen LogP contribution in [-0.2, 0) is 24.4 Å². The third kappa shape index (κ3) is 3.45. The predicted molar refractivity (Wildman–Crippen MR) is 89.2 cm³/mol. The summed E-state index contributed by atoms with van der Waals surface area (Å²) < 4.78 is 24.3. The molecule has 2 aliphatic heterocycles. The number of hydrogen-bond donors (Lipinski definition) is 0. The van der Waals surface area contributed by atoms with Gasteiger partial charge in [-0.2, -0.15) is 4.31 Å². The van der Waals surface area contributed by atoms with Crippen molar-refractivity contribution < 1.29 is 27.6 Å². The Hall–Kier alpha value is -2.01. The van der Waals surface area contributed by atoms with Crippen molar-refractivity contribution in [1.82, 2.24) is 19.0 Å². The van der Waals surface area contributed by atoms with Crippen molar-refractivity contribution in [3.05, 3.63) is 0 Å². The van der Waals surface area contributed by atoms with E-state index in [1.54, 1.807) is 0 Å². The number of imide groups is 2. The molecule has 144 valence electrons. The van der Waals surface area contributed by atoms with E-state index in [-0.39, 0.29) is 32.2 Å². The van der Waals surface area contributed by atoms with Gasteiger partial charge in [-0.25, -0.2) is 18.1 Å². The van der Waals surface area contributed by atoms with Crippen molar-refractivity contribution in [2.45, 2.75) is 31.7 Å². The number of carbonyl (C=O) groups is 4. The fraction of sp³-hybridized carbons (Fsp3) is 0.733. The number of carbonyl (C=O) groups excluding carboxylic acids is 4. The maximum Gasteiger partial charge on any atom is 0.334 e. The fourth-order valence-electron chi connectivity index (χ4n) is 3.65. The molecule has 0 spiro atoms. The third-order valence-electron chi connectivity index (χ3n) is 5.13. The summed E-state index contributed by atoms with van der Waals surface area (Å²) in [4.78, 5) is 52.3. The van der Waals surface area contributed by atoms with E-state index >= 15 is 0 Å². The van der Waals surface area contributed by atoms with E-state index in [1.165, 1.54) is 9.21 Å². The molecule has 1 aliphatic carbocycles. The molecule has 0 unspecified atom stereocenters. The van der Waals surface area contributed by atoms with Crippen molar-refractivity contribution in [1.29, 1.82) is 0 Å². The van der Waals surface area contributed by atoms with Crippen LogP contribution in [0.25, 0.3) is 0 Å². The van der Waals surface area contributed by atoms with Gasteiger partial charge in [-0.3, -0.25) is 19.3 Å². The largest absolute Gasteiger partial charge is 0.338 e. The van der Waals surface area contributed by atoms with E-state index in [0.717, 1.165) is 24.0 Å². The van der Waals surface area contributed by atoms with Crippen molar-refractivity contribution >= 4 is 33.8 Å². The first-order valence-corrected chi connectivity index (χ1v) is 10.5. The van der Waals surface area contributed by atoms with E-state index in [1.807, 2.05) is 0 Å². The molecule has 2 saturated heterocycles. The first-order valence-electron chi connectivity index (χ1n) is 8.62. The molecular formula is C15H22N4O6S. The minimum Gasteiger partial charge on any atom is -0.338 e. The number of hydrogen-bond acceptors (Lipinski definition) is 6. The maximum atomic E-state index is 12.5. The van der Waals surface area contributed by atoms with Gasteiger partial charge >= 0.3 is 17.8 Å². The van der Waals surface area contributed by atoms with Crippen LogP contribution in [0.15, 0.2) is 0 Å². The lowest BCUT2D eigenvalue weighted by atomic mass is 10.2. The number of sulfonamides is 1. The highest BCUT2D eigenvalue weighted by Crippen LogP contribution is 2.27. The SMILES string of the molecule is CS(=O)(=O)N1CCN(C(=O)CN2C(=O)C(=O)N(C3CCCC3)C2=O)CC1. The van der Waals surface area contributed by atoms with Crippen LogP contribution in [0.3, 0.4) is 0 Å². The zero-order chi connectivity index (χ0) is 19.1. The lowest BCUT2D eigenvalue weighted by Crippen LogP contribution is -2.53. The summed E-state index contributed by atoms with van der Waals surface area (Å²) in [5.41, 5.74) is 0. The van der Waals surface area contributed by atoms with Crippen LogP contribution < -0.4 is 0 Å². The first kappa shape index (κ1) is 18.8. The van der Waals surface area contributed by atoms with Crippen LogP contribution in [0.5, 0.6) is 0 Å². The number of nitrogens with zero attached hydrogens (tertiary/aromatic N) is 4. The first-order chi connectivity index (χ1) is 12.2. The minimum atomic E-state index is -3.31. The van der Waals surface area contributed by atoms with E-state index in [2.05, 4.69) is 0 Å². The number of amides is 5. The fourth-order valence-corrected chi connectivity index (χ4v) is 4.48. The molecule has 0 aromatic carbocycles. The molecule has 0 atom stereocenters. The molecule has 5 amide bonds. The van der Waals surface area contributed by atoms with Crippen LogP contribution in [0.1, 0.15) is 25.7 Å². The molecule has 2 heterocycles. The van der Waals surface area contributed by atoms with E-state index in [4.69, 9.17) is 0 Å². The lowest BCUT2D eigenvalue weighted by Gasteiger charge is -2.33. The molecule has 0 bridgehead atoms. The third-order valence-corrected chi connectivity index (χ3v) is 6.43. The molecule has 0 aromatic heterocycles. The molecule has 3 fully saturated rings. The second-order valence-electron chi connectivity index (χ2n) is 6.83. The van der Waals surface area contributed by atoms with Crippen LogP contribution in [-0.4, -0.2) is 96.2 Å². The average Bonchev–Trinajstić information content (AvgIpc) is 3.18. The molecule has 11 heteroatoms. The highest BCUT2D eigenvalue weighted by Gasteiger charge is 2.49. The molecule has 0 N–H and O–H groups in total. The van der Waals surface area contributed by atoms with Crippen LogP contribution in [0, 0.1) is 0 Å². The van der Waals surface area contributed by atoms with Crippen LogP contribution in [0.4, 0.5) is 4.79 Å². The summed E-state index contributed by atoms with van der Waals surface area (Å²) in [6.45, 7) is 0.204. The van der Waals surface area contributed by atoms with E-state index in [0.29, 0.717) is 17.7 Å². The molecule has 0 aromatic rings. The Morgan fingerprint density at radius 3 is 2.12 bits per heavy atom. The zero-order valence-corrected chi connectivity index (χ0v) is 15.4. The van der Waals surface area contributed by atoms with Gasteiger partial charge in [-0.05, 0) is 12.8 Å². The Morgan fingerprint density at radius 1 is 1.00 bits per heavy atom. The second kappa shape index (κ2) is 6.95. The molecular weight excluding hydrogens is 364 g/mol. The van der Waals surface area contributed by atoms with E-state index in [9.17, 15) is 27.6 Å². The summed E-state index contributed by atoms with van der Waals surface area (Å²) >= 11 is 0. The number of urea groups is 1. The second-order valence-corrected chi connectivity index (χ2v) is 8.81. The Morgan fingerprint density at radius 2 is 1.58 bits per heavy atom. The van der Waals surface area contributed by atoms with Gasteiger partial charge in [-0.1, -0.05) is 12.8 Å². The molecule has 3 aliphatic rings. The summed E-state index contributed by atoms with van der Waals surface area (Å²) in [5.74, 6) is -2.30. The van der Waals surface area contributed by atoms with Crippen molar-refractivity contribution in [2.24, 2.45) is 0 Å². The lowest BCUT2D eigenvalue weighted by molar-refractivity contribution is -0.145. The van der Waals surface area contributed by atoms with Gasteiger partial charge in [-0.15, -0.1) is 0 Å². The molecule has 1 saturated carbocycles. The highest BCUT2D eigenvalue weighted by molar-refractivity contribution is 7.88. The van der Waals surface area contributed by atoms with Gasteiger partial charge < -0.3 is 4.90 Å². The summed E-state index contributed by atoms with van der Waals surface area (Å²) in [6.07, 6.45) is 4.27. The Kier molecular flexibility index (Phi) is 5.02. The predicted octanol–water partition coefficient (Wildman–Crippen LogP) is -1.18. The summed E-state index contributed by atoms with van der Waals surface area (Å²) in [7, 11) is -3.31. The standard InChI is InChI=1S/C15H22N4O6S/c1-26(24,25)17-8-6-16(7-9-17)12(20)10-18-13(21)14(22)19(15(18)23)11-4-2-3-5-11/h11H,2-10H2,1H3. The zero-order valence-electron chi connectivity index (χ0n) is 14.6. The van der Waals surface area contributed by atoms with Gasteiger partial charge in [0.1, 0.15) is 6.54 Å². The summed E-state index contributed by atoms with van der Waals surface area (Å²) in [6, 6.07) is -0.993. The normalized spacial score (nSPS) is 23.4. The van der Waals surface area contributed by atoms with Crippen molar-refractivity contribution in [3.63, 3.8) is 0 Å². The van der Waals surface area contributed by atoms with Gasteiger partial charge in [0.25, 0.3) is 0 Å². The van der Waals surface area contributed by atoms with Crippen molar-refractivity contribution in [3.8, 4) is 0 Å². The monoisotopic (exact) mass is 386 g/mol. The highest BCUT2D eigenvalue weighted by atomic mass is 32.2. The van der Waals surface area contributed by atoms with Gasteiger partial charge in [0, 0.05) is 32.2 Å². The van der Waals surface area contributed by atoms with Crippen LogP contribution >= 0.6 is 0 Å². The van der Waals surface area contributed by atoms with E-state index < -0.39 is 40.3 Å². The Balaban J connectivity index is 1.62. The molecule has 3 rings (SSSR count). The molecule has 0 radical (unpaired) electrons. The minimum absolute atomic E-state index is 0.166. The number of rotatable bonds is 4. The molecule has 26 heavy (non-hydrogen) atoms. The quantitative estimate of drug-likeness (QED) is 0.444. The Labute approximate surface area is 151 Å². The maximum absolute atomic E-state index is 12.5.